The molecule has 0 aliphatic heterocycles. The smallest absolute Gasteiger partial charge is 0.340 e. The Bertz CT molecular complexity index is 352. The van der Waals surface area contributed by atoms with E-state index in [1.54, 1.807) is 32.2 Å². The van der Waals surface area contributed by atoms with Crippen molar-refractivity contribution in [2.75, 3.05) is 13.2 Å². The zero-order valence-electron chi connectivity index (χ0n) is 9.90. The molecule has 0 aromatic carbocycles. The molecule has 0 unspecified atom stereocenters. The van der Waals surface area contributed by atoms with Gasteiger partial charge in [0.25, 0.3) is 0 Å². The van der Waals surface area contributed by atoms with Crippen LogP contribution in [0.25, 0.3) is 0 Å². The van der Waals surface area contributed by atoms with Crippen molar-refractivity contribution in [3.63, 3.8) is 0 Å². The van der Waals surface area contributed by atoms with Gasteiger partial charge in [-0.2, -0.15) is 0 Å². The van der Waals surface area contributed by atoms with Crippen LogP contribution in [0.4, 0.5) is 0 Å². The lowest BCUT2D eigenvalue weighted by atomic mass is 10.2. The minimum absolute atomic E-state index is 0.243. The number of aryl methyl sites for hydroxylation is 1. The van der Waals surface area contributed by atoms with Gasteiger partial charge in [0, 0.05) is 12.8 Å². The van der Waals surface area contributed by atoms with E-state index in [-0.39, 0.29) is 12.1 Å². The summed E-state index contributed by atoms with van der Waals surface area (Å²) in [6.07, 6.45) is 1.41. The third kappa shape index (κ3) is 3.62. The van der Waals surface area contributed by atoms with Gasteiger partial charge in [-0.1, -0.05) is 0 Å². The summed E-state index contributed by atoms with van der Waals surface area (Å²) in [7, 11) is 0. The van der Waals surface area contributed by atoms with Crippen molar-refractivity contribution in [1.82, 2.24) is 4.98 Å². The molecular weight excluding hydrogens is 206 g/mol. The Balaban J connectivity index is 2.56. The molecule has 1 aromatic rings. The van der Waals surface area contributed by atoms with E-state index in [9.17, 15) is 4.79 Å². The fourth-order valence-corrected chi connectivity index (χ4v) is 1.26. The zero-order valence-corrected chi connectivity index (χ0v) is 9.90. The summed E-state index contributed by atoms with van der Waals surface area (Å²) in [6, 6.07) is 3.43. The Labute approximate surface area is 95.6 Å². The SMILES string of the molecule is CCOC[C@H](C)OC(=O)c1cccnc1C. The molecule has 1 atom stereocenters. The maximum absolute atomic E-state index is 11.7. The van der Waals surface area contributed by atoms with Crippen LogP contribution in [0.5, 0.6) is 0 Å². The monoisotopic (exact) mass is 223 g/mol. The zero-order chi connectivity index (χ0) is 12.0. The lowest BCUT2D eigenvalue weighted by Gasteiger charge is -2.13. The van der Waals surface area contributed by atoms with Crippen LogP contribution >= 0.6 is 0 Å². The lowest BCUT2D eigenvalue weighted by molar-refractivity contribution is 0.00429. The summed E-state index contributed by atoms with van der Waals surface area (Å²) in [5.41, 5.74) is 1.18. The Morgan fingerprint density at radius 2 is 2.31 bits per heavy atom. The van der Waals surface area contributed by atoms with E-state index in [0.29, 0.717) is 24.5 Å². The predicted molar refractivity (Wildman–Crippen MR) is 60.3 cm³/mol. The van der Waals surface area contributed by atoms with E-state index in [1.165, 1.54) is 0 Å². The second-order valence-corrected chi connectivity index (χ2v) is 3.51. The number of nitrogens with zero attached hydrogens (tertiary/aromatic N) is 1. The molecule has 0 aliphatic rings. The molecule has 1 aromatic heterocycles. The van der Waals surface area contributed by atoms with Crippen molar-refractivity contribution in [3.05, 3.63) is 29.6 Å². The first-order valence-electron chi connectivity index (χ1n) is 5.35. The molecule has 0 spiro atoms. The molecule has 88 valence electrons. The molecule has 0 saturated heterocycles. The van der Waals surface area contributed by atoms with E-state index in [1.807, 2.05) is 6.92 Å². The van der Waals surface area contributed by atoms with Gasteiger partial charge in [0.2, 0.25) is 0 Å². The first-order chi connectivity index (χ1) is 7.65. The van der Waals surface area contributed by atoms with Gasteiger partial charge in [-0.05, 0) is 32.9 Å². The van der Waals surface area contributed by atoms with Crippen molar-refractivity contribution in [2.24, 2.45) is 0 Å². The molecular formula is C12H17NO3. The van der Waals surface area contributed by atoms with Crippen molar-refractivity contribution in [1.29, 1.82) is 0 Å². The van der Waals surface area contributed by atoms with Gasteiger partial charge in [-0.25, -0.2) is 4.79 Å². The van der Waals surface area contributed by atoms with E-state index in [0.717, 1.165) is 0 Å². The highest BCUT2D eigenvalue weighted by atomic mass is 16.6. The number of pyridine rings is 1. The van der Waals surface area contributed by atoms with Crippen molar-refractivity contribution in [2.45, 2.75) is 26.9 Å². The third-order valence-electron chi connectivity index (χ3n) is 2.09. The second kappa shape index (κ2) is 6.23. The van der Waals surface area contributed by atoms with E-state index in [2.05, 4.69) is 4.98 Å². The number of hydrogen-bond acceptors (Lipinski definition) is 4. The van der Waals surface area contributed by atoms with Crippen LogP contribution in [0.2, 0.25) is 0 Å². The predicted octanol–water partition coefficient (Wildman–Crippen LogP) is 1.97. The molecule has 0 bridgehead atoms. The normalized spacial score (nSPS) is 12.2. The summed E-state index contributed by atoms with van der Waals surface area (Å²) < 4.78 is 10.4. The lowest BCUT2D eigenvalue weighted by Crippen LogP contribution is -2.21. The molecule has 0 aliphatic carbocycles. The summed E-state index contributed by atoms with van der Waals surface area (Å²) >= 11 is 0. The number of ether oxygens (including phenoxy) is 2. The Hall–Kier alpha value is -1.42. The fourth-order valence-electron chi connectivity index (χ4n) is 1.26. The van der Waals surface area contributed by atoms with Crippen molar-refractivity contribution >= 4 is 5.97 Å². The average molecular weight is 223 g/mol. The van der Waals surface area contributed by atoms with E-state index in [4.69, 9.17) is 9.47 Å². The van der Waals surface area contributed by atoms with Gasteiger partial charge in [0.15, 0.2) is 0 Å². The van der Waals surface area contributed by atoms with Gasteiger partial charge in [-0.15, -0.1) is 0 Å². The van der Waals surface area contributed by atoms with Gasteiger partial charge in [0.1, 0.15) is 6.10 Å². The summed E-state index contributed by atoms with van der Waals surface area (Å²) in [5.74, 6) is -0.349. The summed E-state index contributed by atoms with van der Waals surface area (Å²) in [4.78, 5) is 15.8. The van der Waals surface area contributed by atoms with Crippen LogP contribution < -0.4 is 0 Å². The van der Waals surface area contributed by atoms with Crippen molar-refractivity contribution < 1.29 is 14.3 Å². The minimum Gasteiger partial charge on any atom is -0.457 e. The van der Waals surface area contributed by atoms with Gasteiger partial charge in [0.05, 0.1) is 17.9 Å². The summed E-state index contributed by atoms with van der Waals surface area (Å²) in [6.45, 7) is 6.53. The van der Waals surface area contributed by atoms with Crippen molar-refractivity contribution in [3.8, 4) is 0 Å². The molecule has 0 radical (unpaired) electrons. The standard InChI is InChI=1S/C12H17NO3/c1-4-15-8-9(2)16-12(14)11-6-5-7-13-10(11)3/h5-7,9H,4,8H2,1-3H3/t9-/m0/s1. The number of rotatable bonds is 5. The number of carbonyl (C=O) groups excluding carboxylic acids is 1. The van der Waals surface area contributed by atoms with Crippen LogP contribution in [0.15, 0.2) is 18.3 Å². The van der Waals surface area contributed by atoms with Gasteiger partial charge < -0.3 is 9.47 Å². The maximum atomic E-state index is 11.7. The molecule has 1 rings (SSSR count). The first-order valence-corrected chi connectivity index (χ1v) is 5.35. The molecule has 0 N–H and O–H groups in total. The average Bonchev–Trinajstić information content (AvgIpc) is 2.26. The Morgan fingerprint density at radius 3 is 2.94 bits per heavy atom. The maximum Gasteiger partial charge on any atom is 0.340 e. The molecule has 0 amide bonds. The number of aromatic nitrogens is 1. The van der Waals surface area contributed by atoms with Gasteiger partial charge in [-0.3, -0.25) is 4.98 Å². The molecule has 16 heavy (non-hydrogen) atoms. The minimum atomic E-state index is -0.349. The first kappa shape index (κ1) is 12.6. The van der Waals surface area contributed by atoms with Gasteiger partial charge >= 0.3 is 5.97 Å². The van der Waals surface area contributed by atoms with Crippen LogP contribution in [-0.2, 0) is 9.47 Å². The second-order valence-electron chi connectivity index (χ2n) is 3.51. The van der Waals surface area contributed by atoms with Crippen LogP contribution in [-0.4, -0.2) is 30.3 Å². The van der Waals surface area contributed by atoms with E-state index < -0.39 is 0 Å². The molecule has 0 fully saturated rings. The summed E-state index contributed by atoms with van der Waals surface area (Å²) in [5, 5.41) is 0. The quantitative estimate of drug-likeness (QED) is 0.716. The highest BCUT2D eigenvalue weighted by molar-refractivity contribution is 5.90. The third-order valence-corrected chi connectivity index (χ3v) is 2.09. The molecule has 4 heteroatoms. The Kier molecular flexibility index (Phi) is 4.92. The number of hydrogen-bond donors (Lipinski definition) is 0. The largest absolute Gasteiger partial charge is 0.457 e. The fraction of sp³-hybridized carbons (Fsp3) is 0.500. The van der Waals surface area contributed by atoms with Crippen LogP contribution in [0.1, 0.15) is 29.9 Å². The highest BCUT2D eigenvalue weighted by Gasteiger charge is 2.14. The highest BCUT2D eigenvalue weighted by Crippen LogP contribution is 2.07. The van der Waals surface area contributed by atoms with Crippen LogP contribution in [0, 0.1) is 6.92 Å². The molecule has 0 saturated carbocycles. The van der Waals surface area contributed by atoms with E-state index >= 15 is 0 Å². The molecule has 1 heterocycles. The number of carbonyl (C=O) groups is 1. The topological polar surface area (TPSA) is 48.4 Å². The Morgan fingerprint density at radius 1 is 1.56 bits per heavy atom. The van der Waals surface area contributed by atoms with Crippen LogP contribution in [0.3, 0.4) is 0 Å². The number of esters is 1. The molecule has 4 nitrogen and oxygen atoms in total.